The maximum absolute atomic E-state index is 11.5. The molecule has 64 heavy (non-hydrogen) atoms. The minimum absolute atomic E-state index is 0. The Hall–Kier alpha value is -5.95. The molecule has 0 aliphatic carbocycles. The van der Waals surface area contributed by atoms with Gasteiger partial charge in [0.25, 0.3) is 0 Å². The predicted molar refractivity (Wildman–Crippen MR) is 262 cm³/mol. The number of carbonyl (C=O) groups excluding carboxylic acids is 2. The topological polar surface area (TPSA) is 96.8 Å². The van der Waals surface area contributed by atoms with E-state index in [2.05, 4.69) is 97.1 Å². The van der Waals surface area contributed by atoms with E-state index in [1.165, 1.54) is 5.56 Å². The summed E-state index contributed by atoms with van der Waals surface area (Å²) in [5.74, 6) is 0.194. The van der Waals surface area contributed by atoms with Crippen LogP contribution in [0.25, 0.3) is 32.9 Å². The van der Waals surface area contributed by atoms with Gasteiger partial charge in [-0.1, -0.05) is 128 Å². The predicted octanol–water partition coefficient (Wildman–Crippen LogP) is 13.6. The van der Waals surface area contributed by atoms with E-state index in [1.54, 1.807) is 13.8 Å². The summed E-state index contributed by atoms with van der Waals surface area (Å²) in [5.41, 5.74) is 14.2. The lowest BCUT2D eigenvalue weighted by molar-refractivity contribution is -0.147. The summed E-state index contributed by atoms with van der Waals surface area (Å²) in [4.78, 5) is 31.8. The minimum atomic E-state index is -0.460. The van der Waals surface area contributed by atoms with Crippen LogP contribution in [0.1, 0.15) is 99.3 Å². The van der Waals surface area contributed by atoms with Gasteiger partial charge in [-0.3, -0.25) is 9.59 Å². The van der Waals surface area contributed by atoms with E-state index in [-0.39, 0.29) is 25.3 Å². The number of benzene rings is 6. The Morgan fingerprint density at radius 2 is 1.06 bits per heavy atom. The van der Waals surface area contributed by atoms with Crippen molar-refractivity contribution in [3.63, 3.8) is 0 Å². The van der Waals surface area contributed by atoms with Crippen molar-refractivity contribution < 1.29 is 28.5 Å². The summed E-state index contributed by atoms with van der Waals surface area (Å²) < 4.78 is 24.9. The molecule has 8 aromatic rings. The molecule has 6 aromatic carbocycles. The van der Waals surface area contributed by atoms with Crippen LogP contribution in [0.3, 0.4) is 0 Å². The highest BCUT2D eigenvalue weighted by molar-refractivity contribution is 14.1. The SMILES string of the molecule is C.CC(=O)c1ccc(-c2cc(C)cc(COC3OCc4cc5ccccc5nc43)c2)cc1.CC(=O)c1ccc(I)cc1.Cc1cccc(COC2OCc3cc4ccccc4nc32)c1. The number of aryl methyl sites for hydroxylation is 2. The maximum atomic E-state index is 11.5. The number of Topliss-reactive ketones (excluding diaryl/α,β-unsaturated/α-hetero) is 2. The number of hydrogen-bond acceptors (Lipinski definition) is 8. The van der Waals surface area contributed by atoms with Gasteiger partial charge < -0.3 is 18.9 Å². The van der Waals surface area contributed by atoms with Crippen LogP contribution in [0.2, 0.25) is 0 Å². The molecular formula is C55H51IN2O6. The van der Waals surface area contributed by atoms with Gasteiger partial charge in [-0.05, 0) is 115 Å². The summed E-state index contributed by atoms with van der Waals surface area (Å²) in [6, 6.07) is 50.4. The van der Waals surface area contributed by atoms with Crippen molar-refractivity contribution in [3.8, 4) is 11.1 Å². The van der Waals surface area contributed by atoms with Crippen LogP contribution >= 0.6 is 22.6 Å². The number of fused-ring (bicyclic) bond motifs is 4. The number of rotatable bonds is 9. The number of nitrogens with zero attached hydrogens (tertiary/aromatic N) is 2. The number of pyridine rings is 2. The molecule has 2 aliphatic heterocycles. The molecule has 0 fully saturated rings. The molecule has 0 bridgehead atoms. The molecule has 2 aromatic heterocycles. The zero-order valence-electron chi connectivity index (χ0n) is 35.6. The van der Waals surface area contributed by atoms with Gasteiger partial charge in [0, 0.05) is 36.6 Å². The van der Waals surface area contributed by atoms with Crippen molar-refractivity contribution in [1.82, 2.24) is 9.97 Å². The monoisotopic (exact) mass is 962 g/mol. The average Bonchev–Trinajstić information content (AvgIpc) is 3.88. The van der Waals surface area contributed by atoms with Gasteiger partial charge in [0.05, 0.1) is 37.5 Å². The van der Waals surface area contributed by atoms with Gasteiger partial charge in [0.2, 0.25) is 12.6 Å². The van der Waals surface area contributed by atoms with Crippen molar-refractivity contribution in [2.75, 3.05) is 0 Å². The Morgan fingerprint density at radius 3 is 1.59 bits per heavy atom. The number of ketones is 2. The van der Waals surface area contributed by atoms with Gasteiger partial charge in [0.1, 0.15) is 11.4 Å². The summed E-state index contributed by atoms with van der Waals surface area (Å²) in [6.07, 6.45) is -0.835. The van der Waals surface area contributed by atoms with Gasteiger partial charge >= 0.3 is 0 Å². The van der Waals surface area contributed by atoms with Crippen LogP contribution in [-0.2, 0) is 45.4 Å². The van der Waals surface area contributed by atoms with Crippen LogP contribution in [0, 0.1) is 17.4 Å². The Morgan fingerprint density at radius 1 is 0.562 bits per heavy atom. The van der Waals surface area contributed by atoms with Crippen molar-refractivity contribution in [2.45, 2.75) is 74.1 Å². The molecule has 0 amide bonds. The third-order valence-electron chi connectivity index (χ3n) is 10.8. The third-order valence-corrected chi connectivity index (χ3v) is 11.5. The molecular weight excluding hydrogens is 912 g/mol. The number of hydrogen-bond donors (Lipinski definition) is 0. The van der Waals surface area contributed by atoms with E-state index < -0.39 is 6.29 Å². The van der Waals surface area contributed by atoms with Crippen LogP contribution in [0.4, 0.5) is 0 Å². The first kappa shape index (κ1) is 46.1. The molecule has 0 radical (unpaired) electrons. The quantitative estimate of drug-likeness (QED) is 0.104. The first-order chi connectivity index (χ1) is 30.6. The zero-order valence-corrected chi connectivity index (χ0v) is 37.8. The lowest BCUT2D eigenvalue weighted by Gasteiger charge is -2.14. The Labute approximate surface area is 388 Å². The Bertz CT molecular complexity index is 2910. The molecule has 2 aliphatic rings. The molecule has 0 spiro atoms. The van der Waals surface area contributed by atoms with Crippen molar-refractivity contribution in [2.24, 2.45) is 0 Å². The zero-order chi connectivity index (χ0) is 43.9. The lowest BCUT2D eigenvalue weighted by Crippen LogP contribution is -2.05. The van der Waals surface area contributed by atoms with E-state index in [9.17, 15) is 9.59 Å². The van der Waals surface area contributed by atoms with Crippen LogP contribution in [0.15, 0.2) is 152 Å². The normalized spacial score (nSPS) is 14.6. The second kappa shape index (κ2) is 21.2. The minimum Gasteiger partial charge on any atom is -0.342 e. The molecule has 2 atom stereocenters. The van der Waals surface area contributed by atoms with Gasteiger partial charge in [0.15, 0.2) is 11.6 Å². The fraction of sp³-hybridized carbons (Fsp3) is 0.200. The number of aromatic nitrogens is 2. The summed E-state index contributed by atoms with van der Waals surface area (Å²) in [5, 5.41) is 2.26. The van der Waals surface area contributed by atoms with Gasteiger partial charge in [-0.25, -0.2) is 9.97 Å². The van der Waals surface area contributed by atoms with E-state index in [1.807, 2.05) is 91.0 Å². The van der Waals surface area contributed by atoms with E-state index >= 15 is 0 Å². The average molecular weight is 963 g/mol. The third kappa shape index (κ3) is 11.4. The molecule has 4 heterocycles. The summed E-state index contributed by atoms with van der Waals surface area (Å²) >= 11 is 2.21. The van der Waals surface area contributed by atoms with E-state index in [0.717, 1.165) is 86.8 Å². The van der Waals surface area contributed by atoms with Crippen molar-refractivity contribution >= 4 is 56.0 Å². The van der Waals surface area contributed by atoms with Crippen molar-refractivity contribution in [1.29, 1.82) is 0 Å². The molecule has 324 valence electrons. The molecule has 0 N–H and O–H groups in total. The number of halogens is 1. The van der Waals surface area contributed by atoms with E-state index in [4.69, 9.17) is 28.9 Å². The molecule has 0 saturated heterocycles. The second-order valence-corrected chi connectivity index (χ2v) is 17.0. The highest BCUT2D eigenvalue weighted by atomic mass is 127. The fourth-order valence-electron chi connectivity index (χ4n) is 7.57. The fourth-order valence-corrected chi connectivity index (χ4v) is 7.93. The summed E-state index contributed by atoms with van der Waals surface area (Å²) in [7, 11) is 0. The van der Waals surface area contributed by atoms with Gasteiger partial charge in [-0.15, -0.1) is 0 Å². The largest absolute Gasteiger partial charge is 0.342 e. The first-order valence-corrected chi connectivity index (χ1v) is 21.9. The number of carbonyl (C=O) groups is 2. The Balaban J connectivity index is 0.000000161. The maximum Gasteiger partial charge on any atom is 0.202 e. The highest BCUT2D eigenvalue weighted by Crippen LogP contribution is 2.35. The van der Waals surface area contributed by atoms with Crippen molar-refractivity contribution in [3.05, 3.63) is 211 Å². The van der Waals surface area contributed by atoms with E-state index in [0.29, 0.717) is 26.4 Å². The standard InChI is InChI=1S/C27H23NO3.C19H17NO2.C8H7IO.CH4/c1-17-11-19(13-23(12-17)21-9-7-20(8-10-21)18(2)29)15-30-27-26-24(16-31-27)14-22-5-3-4-6-25(22)28-26;1-13-5-4-6-14(9-13)11-21-19-18-16(12-22-19)10-15-7-2-3-8-17(15)20-18;1-6(10)7-2-4-8(9)5-3-7;/h3-14,27H,15-16H2,1-2H3;2-10,19H,11-12H2,1H3;2-5H,1H3;1H4. The van der Waals surface area contributed by atoms with Crippen LogP contribution < -0.4 is 0 Å². The van der Waals surface area contributed by atoms with Crippen LogP contribution in [0.5, 0.6) is 0 Å². The number of ether oxygens (including phenoxy) is 4. The second-order valence-electron chi connectivity index (χ2n) is 15.8. The molecule has 8 nitrogen and oxygen atoms in total. The van der Waals surface area contributed by atoms with Gasteiger partial charge in [-0.2, -0.15) is 0 Å². The molecule has 0 saturated carbocycles. The molecule has 9 heteroatoms. The smallest absolute Gasteiger partial charge is 0.202 e. The lowest BCUT2D eigenvalue weighted by atomic mass is 9.99. The number of para-hydroxylation sites is 2. The highest BCUT2D eigenvalue weighted by Gasteiger charge is 2.27. The van der Waals surface area contributed by atoms with Crippen LogP contribution in [-0.4, -0.2) is 21.5 Å². The summed E-state index contributed by atoms with van der Waals surface area (Å²) in [6.45, 7) is 9.34. The Kier molecular flexibility index (Phi) is 15.2. The molecule has 2 unspecified atom stereocenters. The molecule has 10 rings (SSSR count). The first-order valence-electron chi connectivity index (χ1n) is 20.8.